The van der Waals surface area contributed by atoms with E-state index < -0.39 is 15.8 Å². The minimum absolute atomic E-state index is 0.196. The molecule has 0 radical (unpaired) electrons. The van der Waals surface area contributed by atoms with E-state index in [4.69, 9.17) is 11.6 Å². The molecule has 4 rings (SSSR count). The van der Waals surface area contributed by atoms with Crippen molar-refractivity contribution in [2.24, 2.45) is 0 Å². The summed E-state index contributed by atoms with van der Waals surface area (Å²) in [5, 5.41) is 13.1. The number of carbonyl (C=O) groups is 1. The number of aromatic amines is 1. The summed E-state index contributed by atoms with van der Waals surface area (Å²) in [5.74, 6) is -0.994. The number of benzene rings is 3. The standard InChI is InChI=1S/C23H17ClN2O4S/c1-31(29,30)20-12-10-19(11-13-20)26-22(16-2-4-17(5-3-16)23(27)28)14-21(25-26)15-6-8-18(24)9-7-15/h2-14H,1H3,(H,27,28)/p+1. The Bertz CT molecular complexity index is 1360. The molecule has 0 aliphatic rings. The first kappa shape index (κ1) is 20.8. The van der Waals surface area contributed by atoms with Gasteiger partial charge in [-0.2, -0.15) is 5.10 Å². The number of hydrogen-bond donors (Lipinski definition) is 2. The molecular weight excluding hydrogens is 436 g/mol. The summed E-state index contributed by atoms with van der Waals surface area (Å²) in [5.41, 5.74) is 4.24. The van der Waals surface area contributed by atoms with Gasteiger partial charge in [-0.1, -0.05) is 28.4 Å². The normalized spacial score (nSPS) is 11.4. The van der Waals surface area contributed by atoms with Gasteiger partial charge in [0.15, 0.2) is 9.84 Å². The molecule has 6 nitrogen and oxygen atoms in total. The molecule has 8 heteroatoms. The Labute approximate surface area is 184 Å². The summed E-state index contributed by atoms with van der Waals surface area (Å²) < 4.78 is 25.4. The molecule has 0 atom stereocenters. The molecular formula is C23H18ClN2O4S+. The van der Waals surface area contributed by atoms with Crippen molar-refractivity contribution in [2.45, 2.75) is 4.90 Å². The highest BCUT2D eigenvalue weighted by molar-refractivity contribution is 7.90. The zero-order valence-corrected chi connectivity index (χ0v) is 18.0. The van der Waals surface area contributed by atoms with Crippen molar-refractivity contribution < 1.29 is 23.0 Å². The summed E-state index contributed by atoms with van der Waals surface area (Å²) in [7, 11) is -3.31. The van der Waals surface area contributed by atoms with Gasteiger partial charge in [0.1, 0.15) is 5.69 Å². The van der Waals surface area contributed by atoms with Gasteiger partial charge in [-0.25, -0.2) is 13.2 Å². The molecule has 3 aromatic carbocycles. The molecule has 0 spiro atoms. The number of sulfone groups is 1. The van der Waals surface area contributed by atoms with Gasteiger partial charge in [0.2, 0.25) is 11.4 Å². The Hall–Kier alpha value is -3.42. The number of aromatic carboxylic acids is 1. The van der Waals surface area contributed by atoms with Crippen LogP contribution in [0.25, 0.3) is 28.2 Å². The van der Waals surface area contributed by atoms with Crippen LogP contribution in [0.1, 0.15) is 10.4 Å². The zero-order chi connectivity index (χ0) is 22.2. The van der Waals surface area contributed by atoms with Gasteiger partial charge in [-0.15, -0.1) is 0 Å². The average molecular weight is 454 g/mol. The monoisotopic (exact) mass is 453 g/mol. The van der Waals surface area contributed by atoms with Crippen LogP contribution in [0.2, 0.25) is 5.02 Å². The molecule has 156 valence electrons. The Morgan fingerprint density at radius 3 is 2.03 bits per heavy atom. The van der Waals surface area contributed by atoms with Gasteiger partial charge in [0.25, 0.3) is 0 Å². The molecule has 1 aromatic heterocycles. The molecule has 0 saturated heterocycles. The van der Waals surface area contributed by atoms with Gasteiger partial charge >= 0.3 is 5.97 Å². The fraction of sp³-hybridized carbons (Fsp3) is 0.0435. The van der Waals surface area contributed by atoms with Crippen LogP contribution < -0.4 is 4.68 Å². The van der Waals surface area contributed by atoms with Crippen LogP contribution in [0.3, 0.4) is 0 Å². The van der Waals surface area contributed by atoms with E-state index >= 15 is 0 Å². The van der Waals surface area contributed by atoms with Crippen LogP contribution in [-0.4, -0.2) is 30.8 Å². The van der Waals surface area contributed by atoms with Crippen LogP contribution in [0, 0.1) is 0 Å². The van der Waals surface area contributed by atoms with E-state index in [1.807, 2.05) is 22.9 Å². The number of rotatable bonds is 5. The van der Waals surface area contributed by atoms with Gasteiger partial charge < -0.3 is 5.11 Å². The number of carboxylic acid groups (broad SMARTS) is 1. The first-order chi connectivity index (χ1) is 14.7. The predicted molar refractivity (Wildman–Crippen MR) is 118 cm³/mol. The maximum atomic E-state index is 11.8. The number of halogens is 1. The number of aromatic nitrogens is 2. The van der Waals surface area contributed by atoms with Crippen molar-refractivity contribution in [3.05, 3.63) is 89.4 Å². The second-order valence-electron chi connectivity index (χ2n) is 7.05. The molecule has 0 amide bonds. The Kier molecular flexibility index (Phi) is 5.39. The molecule has 2 N–H and O–H groups in total. The van der Waals surface area contributed by atoms with Crippen molar-refractivity contribution in [1.29, 1.82) is 0 Å². The quantitative estimate of drug-likeness (QED) is 0.439. The smallest absolute Gasteiger partial charge is 0.335 e. The van der Waals surface area contributed by atoms with E-state index in [2.05, 4.69) is 5.10 Å². The lowest BCUT2D eigenvalue weighted by atomic mass is 10.1. The number of nitrogens with zero attached hydrogens (tertiary/aromatic N) is 1. The summed E-state index contributed by atoms with van der Waals surface area (Å²) in [6.45, 7) is 0. The number of carboxylic acids is 1. The second-order valence-corrected chi connectivity index (χ2v) is 9.50. The Morgan fingerprint density at radius 2 is 1.48 bits per heavy atom. The first-order valence-electron chi connectivity index (χ1n) is 9.27. The van der Waals surface area contributed by atoms with Crippen LogP contribution in [-0.2, 0) is 9.84 Å². The van der Waals surface area contributed by atoms with E-state index in [1.165, 1.54) is 0 Å². The van der Waals surface area contributed by atoms with Crippen molar-refractivity contribution in [1.82, 2.24) is 5.10 Å². The van der Waals surface area contributed by atoms with Crippen molar-refractivity contribution in [3.8, 4) is 28.2 Å². The lowest BCUT2D eigenvalue weighted by Crippen LogP contribution is -2.34. The summed E-state index contributed by atoms with van der Waals surface area (Å²) in [6, 6.07) is 22.4. The Balaban J connectivity index is 1.85. The minimum atomic E-state index is -3.31. The van der Waals surface area contributed by atoms with Crippen LogP contribution >= 0.6 is 11.6 Å². The lowest BCUT2D eigenvalue weighted by Gasteiger charge is -2.01. The molecule has 1 heterocycles. The zero-order valence-electron chi connectivity index (χ0n) is 16.4. The van der Waals surface area contributed by atoms with E-state index in [-0.39, 0.29) is 10.5 Å². The van der Waals surface area contributed by atoms with E-state index in [1.54, 1.807) is 60.7 Å². The molecule has 0 aliphatic heterocycles. The average Bonchev–Trinajstić information content (AvgIpc) is 3.19. The van der Waals surface area contributed by atoms with Gasteiger partial charge in [0, 0.05) is 40.6 Å². The van der Waals surface area contributed by atoms with Crippen molar-refractivity contribution in [3.63, 3.8) is 0 Å². The molecule has 4 aromatic rings. The fourth-order valence-corrected chi connectivity index (χ4v) is 3.99. The third-order valence-electron chi connectivity index (χ3n) is 4.86. The largest absolute Gasteiger partial charge is 0.478 e. The molecule has 0 saturated carbocycles. The second kappa shape index (κ2) is 8.02. The highest BCUT2D eigenvalue weighted by Crippen LogP contribution is 2.26. The maximum absolute atomic E-state index is 11.8. The van der Waals surface area contributed by atoms with Crippen molar-refractivity contribution in [2.75, 3.05) is 6.26 Å². The third-order valence-corrected chi connectivity index (χ3v) is 6.24. The number of hydrogen-bond acceptors (Lipinski definition) is 3. The Morgan fingerprint density at radius 1 is 0.903 bits per heavy atom. The highest BCUT2D eigenvalue weighted by atomic mass is 35.5. The molecule has 0 aliphatic carbocycles. The van der Waals surface area contributed by atoms with Crippen LogP contribution in [0.4, 0.5) is 0 Å². The molecule has 31 heavy (non-hydrogen) atoms. The van der Waals surface area contributed by atoms with Crippen molar-refractivity contribution >= 4 is 27.4 Å². The number of H-pyrrole nitrogens is 1. The number of nitrogens with one attached hydrogen (secondary N) is 1. The maximum Gasteiger partial charge on any atom is 0.335 e. The molecule has 0 fully saturated rings. The van der Waals surface area contributed by atoms with Crippen LogP contribution in [0.15, 0.2) is 83.8 Å². The SMILES string of the molecule is CS(=O)(=O)c1ccc(-[n+]2[nH]c(-c3ccc(Cl)cc3)cc2-c2ccc(C(=O)O)cc2)cc1. The fourth-order valence-electron chi connectivity index (χ4n) is 3.23. The molecule has 0 bridgehead atoms. The van der Waals surface area contributed by atoms with Gasteiger partial charge in [-0.05, 0) is 48.5 Å². The third kappa shape index (κ3) is 4.38. The summed E-state index contributed by atoms with van der Waals surface area (Å²) >= 11 is 6.01. The minimum Gasteiger partial charge on any atom is -0.478 e. The highest BCUT2D eigenvalue weighted by Gasteiger charge is 2.22. The van der Waals surface area contributed by atoms with Gasteiger partial charge in [0.05, 0.1) is 10.5 Å². The van der Waals surface area contributed by atoms with Gasteiger partial charge in [-0.3, -0.25) is 0 Å². The summed E-state index contributed by atoms with van der Waals surface area (Å²) in [6.07, 6.45) is 1.16. The molecule has 0 unspecified atom stereocenters. The van der Waals surface area contributed by atoms with Crippen LogP contribution in [0.5, 0.6) is 0 Å². The predicted octanol–water partition coefficient (Wildman–Crippen LogP) is 4.38. The van der Waals surface area contributed by atoms with E-state index in [0.717, 1.165) is 34.5 Å². The lowest BCUT2D eigenvalue weighted by molar-refractivity contribution is -0.643. The van der Waals surface area contributed by atoms with E-state index in [0.29, 0.717) is 5.02 Å². The summed E-state index contributed by atoms with van der Waals surface area (Å²) in [4.78, 5) is 11.4. The van der Waals surface area contributed by atoms with E-state index in [9.17, 15) is 18.3 Å². The topological polar surface area (TPSA) is 91.1 Å². The first-order valence-corrected chi connectivity index (χ1v) is 11.5.